The molecule has 1 unspecified atom stereocenters. The van der Waals surface area contributed by atoms with Crippen molar-refractivity contribution in [2.75, 3.05) is 13.6 Å². The van der Waals surface area contributed by atoms with Crippen molar-refractivity contribution in [1.82, 2.24) is 25.4 Å². The molecule has 0 aliphatic rings. The Bertz CT molecular complexity index is 547. The minimum absolute atomic E-state index is 0. The molecule has 2 aromatic rings. The molecule has 2 N–H and O–H groups in total. The fourth-order valence-electron chi connectivity index (χ4n) is 1.54. The van der Waals surface area contributed by atoms with E-state index in [1.54, 1.807) is 35.4 Å². The average molecular weight is 332 g/mol. The first-order valence-electron chi connectivity index (χ1n) is 6.12. The van der Waals surface area contributed by atoms with Gasteiger partial charge in [-0.1, -0.05) is 0 Å². The molecule has 2 aromatic heterocycles. The first-order valence-corrected chi connectivity index (χ1v) is 6.12. The van der Waals surface area contributed by atoms with Crippen LogP contribution in [0.3, 0.4) is 0 Å². The molecule has 6 nitrogen and oxygen atoms in total. The molecule has 8 heteroatoms. The van der Waals surface area contributed by atoms with E-state index in [4.69, 9.17) is 0 Å². The quantitative estimate of drug-likeness (QED) is 0.869. The van der Waals surface area contributed by atoms with E-state index >= 15 is 0 Å². The minimum atomic E-state index is -0.113. The van der Waals surface area contributed by atoms with Gasteiger partial charge in [0.25, 0.3) is 5.91 Å². The fourth-order valence-corrected chi connectivity index (χ4v) is 1.54. The van der Waals surface area contributed by atoms with Gasteiger partial charge in [-0.2, -0.15) is 5.10 Å². The topological polar surface area (TPSA) is 71.8 Å². The van der Waals surface area contributed by atoms with E-state index in [2.05, 4.69) is 20.7 Å². The van der Waals surface area contributed by atoms with Gasteiger partial charge >= 0.3 is 0 Å². The third-order valence-electron chi connectivity index (χ3n) is 2.81. The van der Waals surface area contributed by atoms with Crippen LogP contribution in [-0.2, 0) is 0 Å². The Balaban J connectivity index is 0.00000200. The lowest BCUT2D eigenvalue weighted by molar-refractivity contribution is 0.0950. The monoisotopic (exact) mass is 331 g/mol. The van der Waals surface area contributed by atoms with Crippen LogP contribution < -0.4 is 10.6 Å². The van der Waals surface area contributed by atoms with Crippen molar-refractivity contribution in [3.8, 4) is 5.82 Å². The number of likely N-dealkylation sites (N-methyl/N-ethyl adjacent to an activating group) is 1. The number of nitrogens with one attached hydrogen (secondary N) is 2. The summed E-state index contributed by atoms with van der Waals surface area (Å²) in [5.74, 6) is 0.511. The Labute approximate surface area is 136 Å². The number of rotatable bonds is 5. The molecule has 0 aliphatic heterocycles. The van der Waals surface area contributed by atoms with Crippen molar-refractivity contribution in [3.63, 3.8) is 0 Å². The number of halogens is 2. The second-order valence-corrected chi connectivity index (χ2v) is 4.25. The molecule has 21 heavy (non-hydrogen) atoms. The van der Waals surface area contributed by atoms with E-state index in [1.807, 2.05) is 20.0 Å². The molecule has 0 saturated heterocycles. The highest BCUT2D eigenvalue weighted by atomic mass is 35.5. The number of carbonyl (C=O) groups is 1. The molecule has 0 fully saturated rings. The second-order valence-electron chi connectivity index (χ2n) is 4.25. The first kappa shape index (κ1) is 19.4. The summed E-state index contributed by atoms with van der Waals surface area (Å²) in [5.41, 5.74) is 0.573. The standard InChI is InChI=1S/C13H17N5O.2ClH/c1-10(14-2)9-16-13(19)11-4-6-15-12(8-11)18-7-3-5-17-18;;/h3-8,10,14H,9H2,1-2H3,(H,16,19);2*1H. The van der Waals surface area contributed by atoms with Crippen LogP contribution in [0.25, 0.3) is 5.82 Å². The van der Waals surface area contributed by atoms with Crippen LogP contribution in [0.2, 0.25) is 0 Å². The second kappa shape index (κ2) is 9.33. The first-order chi connectivity index (χ1) is 9.20. The summed E-state index contributed by atoms with van der Waals surface area (Å²) in [4.78, 5) is 16.2. The van der Waals surface area contributed by atoms with E-state index < -0.39 is 0 Å². The van der Waals surface area contributed by atoms with Gasteiger partial charge in [-0.15, -0.1) is 24.8 Å². The number of hydrogen-bond acceptors (Lipinski definition) is 4. The smallest absolute Gasteiger partial charge is 0.251 e. The molecule has 0 aliphatic carbocycles. The molecule has 2 rings (SSSR count). The average Bonchev–Trinajstić information content (AvgIpc) is 2.98. The number of nitrogens with zero attached hydrogens (tertiary/aromatic N) is 3. The fraction of sp³-hybridized carbons (Fsp3) is 0.308. The van der Waals surface area contributed by atoms with Gasteiger partial charge < -0.3 is 10.6 Å². The Morgan fingerprint density at radius 1 is 1.38 bits per heavy atom. The molecule has 0 saturated carbocycles. The predicted molar refractivity (Wildman–Crippen MR) is 86.7 cm³/mol. The summed E-state index contributed by atoms with van der Waals surface area (Å²) in [7, 11) is 1.86. The van der Waals surface area contributed by atoms with Gasteiger partial charge in [-0.05, 0) is 32.2 Å². The Kier molecular flexibility index (Phi) is 8.61. The zero-order chi connectivity index (χ0) is 13.7. The Hall–Kier alpha value is -1.63. The molecule has 0 aromatic carbocycles. The van der Waals surface area contributed by atoms with E-state index in [-0.39, 0.29) is 36.8 Å². The summed E-state index contributed by atoms with van der Waals surface area (Å²) in [6.45, 7) is 2.58. The van der Waals surface area contributed by atoms with Crippen LogP contribution in [0, 0.1) is 0 Å². The molecule has 0 spiro atoms. The zero-order valence-electron chi connectivity index (χ0n) is 11.8. The molecule has 0 bridgehead atoms. The van der Waals surface area contributed by atoms with Crippen molar-refractivity contribution in [1.29, 1.82) is 0 Å². The highest BCUT2D eigenvalue weighted by molar-refractivity contribution is 5.94. The normalized spacial score (nSPS) is 11.0. The predicted octanol–water partition coefficient (Wildman–Crippen LogP) is 1.45. The van der Waals surface area contributed by atoms with Crippen molar-refractivity contribution in [2.45, 2.75) is 13.0 Å². The summed E-state index contributed by atoms with van der Waals surface area (Å²) in [5, 5.41) is 10.0. The largest absolute Gasteiger partial charge is 0.350 e. The molecule has 1 amide bonds. The maximum absolute atomic E-state index is 12.0. The number of pyridine rings is 1. The number of hydrogen-bond donors (Lipinski definition) is 2. The van der Waals surface area contributed by atoms with Gasteiger partial charge in [0.2, 0.25) is 0 Å². The molecular weight excluding hydrogens is 313 g/mol. The summed E-state index contributed by atoms with van der Waals surface area (Å²) < 4.78 is 1.62. The molecule has 116 valence electrons. The van der Waals surface area contributed by atoms with Crippen molar-refractivity contribution in [3.05, 3.63) is 42.4 Å². The van der Waals surface area contributed by atoms with Crippen molar-refractivity contribution < 1.29 is 4.79 Å². The van der Waals surface area contributed by atoms with Crippen LogP contribution in [0.15, 0.2) is 36.8 Å². The third kappa shape index (κ3) is 5.34. The van der Waals surface area contributed by atoms with Crippen molar-refractivity contribution in [2.24, 2.45) is 0 Å². The molecule has 2 heterocycles. The molecular formula is C13H19Cl2N5O. The van der Waals surface area contributed by atoms with E-state index in [0.717, 1.165) is 0 Å². The van der Waals surface area contributed by atoms with E-state index in [0.29, 0.717) is 17.9 Å². The summed E-state index contributed by atoms with van der Waals surface area (Å²) >= 11 is 0. The number of carbonyl (C=O) groups excluding carboxylic acids is 1. The third-order valence-corrected chi connectivity index (χ3v) is 2.81. The van der Waals surface area contributed by atoms with Gasteiger partial charge in [0.15, 0.2) is 5.82 Å². The van der Waals surface area contributed by atoms with Crippen LogP contribution in [-0.4, -0.2) is 40.3 Å². The minimum Gasteiger partial charge on any atom is -0.350 e. The van der Waals surface area contributed by atoms with Gasteiger partial charge in [0.05, 0.1) is 0 Å². The molecule has 1 atom stereocenters. The summed E-state index contributed by atoms with van der Waals surface area (Å²) in [6.07, 6.45) is 5.06. The maximum atomic E-state index is 12.0. The van der Waals surface area contributed by atoms with Gasteiger partial charge in [-0.25, -0.2) is 9.67 Å². The SMILES string of the molecule is CNC(C)CNC(=O)c1ccnc(-n2cccn2)c1.Cl.Cl. The van der Waals surface area contributed by atoms with E-state index in [9.17, 15) is 4.79 Å². The van der Waals surface area contributed by atoms with Crippen molar-refractivity contribution >= 4 is 30.7 Å². The lowest BCUT2D eigenvalue weighted by Gasteiger charge is -2.11. The van der Waals surface area contributed by atoms with Crippen LogP contribution in [0.4, 0.5) is 0 Å². The summed E-state index contributed by atoms with van der Waals surface area (Å²) in [6, 6.07) is 5.44. The lowest BCUT2D eigenvalue weighted by atomic mass is 10.2. The van der Waals surface area contributed by atoms with Crippen LogP contribution in [0.1, 0.15) is 17.3 Å². The van der Waals surface area contributed by atoms with Crippen LogP contribution in [0.5, 0.6) is 0 Å². The maximum Gasteiger partial charge on any atom is 0.251 e. The lowest BCUT2D eigenvalue weighted by Crippen LogP contribution is -2.37. The van der Waals surface area contributed by atoms with Gasteiger partial charge in [0.1, 0.15) is 0 Å². The highest BCUT2D eigenvalue weighted by Crippen LogP contribution is 2.06. The number of amides is 1. The Morgan fingerprint density at radius 3 is 2.76 bits per heavy atom. The molecule has 0 radical (unpaired) electrons. The van der Waals surface area contributed by atoms with Crippen LogP contribution >= 0.6 is 24.8 Å². The van der Waals surface area contributed by atoms with Gasteiger partial charge in [-0.3, -0.25) is 4.79 Å². The Morgan fingerprint density at radius 2 is 2.14 bits per heavy atom. The van der Waals surface area contributed by atoms with Gasteiger partial charge in [0, 0.05) is 36.7 Å². The number of aromatic nitrogens is 3. The highest BCUT2D eigenvalue weighted by Gasteiger charge is 2.08. The van der Waals surface area contributed by atoms with E-state index in [1.165, 1.54) is 0 Å². The zero-order valence-corrected chi connectivity index (χ0v) is 13.4.